The third-order valence-electron chi connectivity index (χ3n) is 6.27. The van der Waals surface area contributed by atoms with E-state index in [-0.39, 0.29) is 36.7 Å². The summed E-state index contributed by atoms with van der Waals surface area (Å²) in [6.45, 7) is 15.4. The van der Waals surface area contributed by atoms with E-state index in [2.05, 4.69) is 0 Å². The maximum absolute atomic E-state index is 12.7. The van der Waals surface area contributed by atoms with Gasteiger partial charge in [-0.15, -0.1) is 0 Å². The van der Waals surface area contributed by atoms with Crippen molar-refractivity contribution in [1.29, 1.82) is 0 Å². The molecular formula is C31H49NO8. The molecule has 0 radical (unpaired) electrons. The quantitative estimate of drug-likeness (QED) is 0.192. The first kappa shape index (κ1) is 35.1. The van der Waals surface area contributed by atoms with Gasteiger partial charge in [0.2, 0.25) is 0 Å². The lowest BCUT2D eigenvalue weighted by atomic mass is 10.1. The van der Waals surface area contributed by atoms with Crippen molar-refractivity contribution in [3.63, 3.8) is 0 Å². The molecule has 9 heteroatoms. The molecule has 0 aliphatic carbocycles. The summed E-state index contributed by atoms with van der Waals surface area (Å²) in [4.78, 5) is 49.5. The van der Waals surface area contributed by atoms with Crippen LogP contribution < -0.4 is 15.2 Å². The molecule has 3 atom stereocenters. The van der Waals surface area contributed by atoms with Crippen LogP contribution in [0, 0.1) is 17.8 Å². The molecule has 9 nitrogen and oxygen atoms in total. The van der Waals surface area contributed by atoms with Gasteiger partial charge >= 0.3 is 23.9 Å². The molecule has 1 rings (SSSR count). The molecule has 0 fully saturated rings. The summed E-state index contributed by atoms with van der Waals surface area (Å²) in [6.07, 6.45) is 1.57. The van der Waals surface area contributed by atoms with Crippen LogP contribution in [0.25, 0.3) is 0 Å². The average molecular weight is 564 g/mol. The summed E-state index contributed by atoms with van der Waals surface area (Å²) in [5.74, 6) is -0.586. The maximum atomic E-state index is 12.7. The first-order chi connectivity index (χ1) is 18.7. The van der Waals surface area contributed by atoms with Gasteiger partial charge in [-0.3, -0.25) is 19.2 Å². The zero-order valence-corrected chi connectivity index (χ0v) is 25.5. The van der Waals surface area contributed by atoms with Gasteiger partial charge in [-0.2, -0.15) is 0 Å². The number of rotatable bonds is 17. The van der Waals surface area contributed by atoms with Crippen molar-refractivity contribution in [3.8, 4) is 11.5 Å². The Labute approximate surface area is 239 Å². The first-order valence-corrected chi connectivity index (χ1v) is 14.4. The predicted octanol–water partition coefficient (Wildman–Crippen LogP) is 5.54. The summed E-state index contributed by atoms with van der Waals surface area (Å²) < 4.78 is 21.9. The molecule has 1 aromatic carbocycles. The molecular weight excluding hydrogens is 514 g/mol. The highest BCUT2D eigenvalue weighted by molar-refractivity contribution is 5.77. The zero-order chi connectivity index (χ0) is 30.4. The predicted molar refractivity (Wildman–Crippen MR) is 153 cm³/mol. The molecule has 0 aliphatic rings. The number of hydrogen-bond donors (Lipinski definition) is 1. The molecule has 40 heavy (non-hydrogen) atoms. The van der Waals surface area contributed by atoms with E-state index in [4.69, 9.17) is 24.7 Å². The number of esters is 4. The number of nitrogens with two attached hydrogens (primary N) is 1. The fourth-order valence-corrected chi connectivity index (χ4v) is 3.48. The van der Waals surface area contributed by atoms with Crippen LogP contribution in [0.5, 0.6) is 11.5 Å². The number of carbonyl (C=O) groups is 4. The Kier molecular flexibility index (Phi) is 15.5. The second-order valence-corrected chi connectivity index (χ2v) is 11.7. The lowest BCUT2D eigenvalue weighted by Crippen LogP contribution is -2.39. The molecule has 0 heterocycles. The number of benzene rings is 1. The van der Waals surface area contributed by atoms with Crippen molar-refractivity contribution in [2.75, 3.05) is 0 Å². The minimum absolute atomic E-state index is 0.0895. The van der Waals surface area contributed by atoms with Gasteiger partial charge in [0.25, 0.3) is 0 Å². The summed E-state index contributed by atoms with van der Waals surface area (Å²) in [5, 5.41) is 0. The standard InChI is InChI=1S/C31H49NO8/c1-19(2)9-14-28(33)37-22(7)23(8)38-31(36)25(32)17-24-12-13-26(39-29(34)15-10-20(3)4)27(18-24)40-30(35)16-11-21(5)6/h12-13,18-23,25H,9-11,14-17,32H2,1-8H3/t22-,23-,25-/m0/s1. The van der Waals surface area contributed by atoms with Gasteiger partial charge < -0.3 is 24.7 Å². The van der Waals surface area contributed by atoms with Crippen LogP contribution in [0.3, 0.4) is 0 Å². The SMILES string of the molecule is CC(C)CCC(=O)Oc1ccc(C[C@H](N)C(=O)O[C@@H](C)[C@H](C)OC(=O)CCC(C)C)cc1OC(=O)CCC(C)C. The lowest BCUT2D eigenvalue weighted by Gasteiger charge is -2.22. The van der Waals surface area contributed by atoms with Crippen molar-refractivity contribution in [2.45, 2.75) is 119 Å². The molecule has 1 aromatic rings. The summed E-state index contributed by atoms with van der Waals surface area (Å²) in [7, 11) is 0. The molecule has 2 N–H and O–H groups in total. The van der Waals surface area contributed by atoms with E-state index in [0.29, 0.717) is 42.6 Å². The highest BCUT2D eigenvalue weighted by atomic mass is 16.6. The van der Waals surface area contributed by atoms with Crippen LogP contribution in [-0.2, 0) is 35.1 Å². The Morgan fingerprint density at radius 1 is 0.650 bits per heavy atom. The first-order valence-electron chi connectivity index (χ1n) is 14.4. The van der Waals surface area contributed by atoms with Crippen LogP contribution in [0.1, 0.15) is 99.5 Å². The Bertz CT molecular complexity index is 972. The number of hydrogen-bond acceptors (Lipinski definition) is 9. The van der Waals surface area contributed by atoms with E-state index in [0.717, 1.165) is 6.42 Å². The highest BCUT2D eigenvalue weighted by Gasteiger charge is 2.25. The van der Waals surface area contributed by atoms with Gasteiger partial charge in [-0.25, -0.2) is 0 Å². The minimum atomic E-state index is -1.02. The number of ether oxygens (including phenoxy) is 4. The minimum Gasteiger partial charge on any atom is -0.459 e. The van der Waals surface area contributed by atoms with Gasteiger partial charge in [0.05, 0.1) is 0 Å². The molecule has 0 aliphatic heterocycles. The van der Waals surface area contributed by atoms with Crippen LogP contribution in [-0.4, -0.2) is 42.1 Å². The summed E-state index contributed by atoms with van der Waals surface area (Å²) in [5.41, 5.74) is 6.72. The fourth-order valence-electron chi connectivity index (χ4n) is 3.48. The van der Waals surface area contributed by atoms with Crippen LogP contribution in [0.4, 0.5) is 0 Å². The third kappa shape index (κ3) is 14.4. The van der Waals surface area contributed by atoms with Crippen molar-refractivity contribution in [1.82, 2.24) is 0 Å². The van der Waals surface area contributed by atoms with E-state index in [9.17, 15) is 19.2 Å². The van der Waals surface area contributed by atoms with E-state index < -0.39 is 36.2 Å². The fraction of sp³-hybridized carbons (Fsp3) is 0.677. The van der Waals surface area contributed by atoms with Gasteiger partial charge in [-0.1, -0.05) is 47.6 Å². The summed E-state index contributed by atoms with van der Waals surface area (Å²) in [6, 6.07) is 3.73. The summed E-state index contributed by atoms with van der Waals surface area (Å²) >= 11 is 0. The van der Waals surface area contributed by atoms with Crippen molar-refractivity contribution in [2.24, 2.45) is 23.5 Å². The zero-order valence-electron chi connectivity index (χ0n) is 25.5. The van der Waals surface area contributed by atoms with E-state index in [1.165, 1.54) is 6.07 Å². The van der Waals surface area contributed by atoms with Crippen LogP contribution >= 0.6 is 0 Å². The van der Waals surface area contributed by atoms with E-state index in [1.54, 1.807) is 26.0 Å². The molecule has 0 saturated carbocycles. The largest absolute Gasteiger partial charge is 0.459 e. The van der Waals surface area contributed by atoms with Crippen LogP contribution in [0.15, 0.2) is 18.2 Å². The Hall–Kier alpha value is -2.94. The van der Waals surface area contributed by atoms with E-state index >= 15 is 0 Å². The van der Waals surface area contributed by atoms with Gasteiger partial charge in [0.15, 0.2) is 11.5 Å². The van der Waals surface area contributed by atoms with Crippen molar-refractivity contribution >= 4 is 23.9 Å². The second kappa shape index (κ2) is 17.7. The molecule has 0 bridgehead atoms. The van der Waals surface area contributed by atoms with Gasteiger partial charge in [0, 0.05) is 19.3 Å². The highest BCUT2D eigenvalue weighted by Crippen LogP contribution is 2.30. The Balaban J connectivity index is 2.88. The Morgan fingerprint density at radius 2 is 1.10 bits per heavy atom. The smallest absolute Gasteiger partial charge is 0.323 e. The second-order valence-electron chi connectivity index (χ2n) is 11.7. The third-order valence-corrected chi connectivity index (χ3v) is 6.27. The topological polar surface area (TPSA) is 131 Å². The molecule has 0 saturated heterocycles. The van der Waals surface area contributed by atoms with E-state index in [1.807, 2.05) is 41.5 Å². The molecule has 0 aromatic heterocycles. The average Bonchev–Trinajstić information content (AvgIpc) is 2.86. The molecule has 0 amide bonds. The lowest BCUT2D eigenvalue weighted by molar-refractivity contribution is -0.166. The van der Waals surface area contributed by atoms with Crippen molar-refractivity contribution in [3.05, 3.63) is 23.8 Å². The van der Waals surface area contributed by atoms with Gasteiger partial charge in [0.1, 0.15) is 18.2 Å². The van der Waals surface area contributed by atoms with Crippen molar-refractivity contribution < 1.29 is 38.1 Å². The normalized spacial score (nSPS) is 13.6. The number of carbonyl (C=O) groups excluding carboxylic acids is 4. The molecule has 0 spiro atoms. The molecule has 0 unspecified atom stereocenters. The Morgan fingerprint density at radius 3 is 1.60 bits per heavy atom. The maximum Gasteiger partial charge on any atom is 0.323 e. The van der Waals surface area contributed by atoms with Gasteiger partial charge in [-0.05, 0) is 75.0 Å². The van der Waals surface area contributed by atoms with Crippen LogP contribution in [0.2, 0.25) is 0 Å². The molecule has 226 valence electrons. The monoisotopic (exact) mass is 563 g/mol.